The van der Waals surface area contributed by atoms with Crippen LogP contribution in [0.2, 0.25) is 0 Å². The fourth-order valence-corrected chi connectivity index (χ4v) is 2.07. The molecule has 0 saturated carbocycles. The Morgan fingerprint density at radius 1 is 1.25 bits per heavy atom. The maximum absolute atomic E-state index is 11.2. The quantitative estimate of drug-likeness (QED) is 0.186. The molecule has 0 aliphatic carbocycles. The van der Waals surface area contributed by atoms with Crippen LogP contribution >= 0.6 is 0 Å². The van der Waals surface area contributed by atoms with Crippen LogP contribution in [0.5, 0.6) is 0 Å². The van der Waals surface area contributed by atoms with Gasteiger partial charge in [0, 0.05) is 23.4 Å². The van der Waals surface area contributed by atoms with E-state index in [9.17, 15) is 10.4 Å². The van der Waals surface area contributed by atoms with Gasteiger partial charge in [-0.15, -0.1) is 0 Å². The fraction of sp³-hybridized carbons (Fsp3) is 0. The van der Waals surface area contributed by atoms with Crippen LogP contribution in [-0.4, -0.2) is 26.4 Å². The molecule has 1 heterocycles. The number of hydrogen-bond acceptors (Lipinski definition) is 4. The van der Waals surface area contributed by atoms with E-state index < -0.39 is 0 Å². The third kappa shape index (κ3) is 1.83. The number of rotatable bonds is 2. The Morgan fingerprint density at radius 3 is 2.75 bits per heavy atom. The first-order chi connectivity index (χ1) is 9.56. The van der Waals surface area contributed by atoms with E-state index in [0.717, 1.165) is 4.73 Å². The molecule has 0 amide bonds. The summed E-state index contributed by atoms with van der Waals surface area (Å²) < 4.78 is 1.42. The zero-order valence-corrected chi connectivity index (χ0v) is 10.5. The molecule has 0 saturated heterocycles. The largest absolute Gasteiger partial charge is 0.619 e. The van der Waals surface area contributed by atoms with Crippen LogP contribution in [0.1, 0.15) is 0 Å². The van der Waals surface area contributed by atoms with Crippen molar-refractivity contribution in [3.63, 3.8) is 0 Å². The first-order valence-corrected chi connectivity index (χ1v) is 5.91. The summed E-state index contributed by atoms with van der Waals surface area (Å²) in [6, 6.07) is 11.8. The molecule has 3 rings (SSSR count). The zero-order chi connectivity index (χ0) is 14.3. The highest BCUT2D eigenvalue weighted by molar-refractivity contribution is 5.82. The topological polar surface area (TPSA) is 90.1 Å². The van der Waals surface area contributed by atoms with Crippen LogP contribution in [0.3, 0.4) is 0 Å². The Kier molecular flexibility index (Phi) is 2.57. The molecule has 0 fully saturated rings. The van der Waals surface area contributed by atoms with Gasteiger partial charge in [0.25, 0.3) is 0 Å². The summed E-state index contributed by atoms with van der Waals surface area (Å²) in [7, 11) is 0. The lowest BCUT2D eigenvalue weighted by Crippen LogP contribution is -1.95. The number of imidazole rings is 1. The van der Waals surface area contributed by atoms with Gasteiger partial charge in [0.15, 0.2) is 5.82 Å². The predicted octanol–water partition coefficient (Wildman–Crippen LogP) is 2.37. The third-order valence-electron chi connectivity index (χ3n) is 3.05. The lowest BCUT2D eigenvalue weighted by atomic mass is 10.2. The van der Waals surface area contributed by atoms with Gasteiger partial charge in [0.05, 0.1) is 5.52 Å². The molecule has 0 bridgehead atoms. The molecule has 6 nitrogen and oxygen atoms in total. The van der Waals surface area contributed by atoms with Crippen molar-refractivity contribution in [2.24, 2.45) is 0 Å². The summed E-state index contributed by atoms with van der Waals surface area (Å²) in [5.74, 6) is 0.367. The zero-order valence-electron chi connectivity index (χ0n) is 10.5. The Balaban J connectivity index is 2.23. The second-order valence-electron chi connectivity index (χ2n) is 4.42. The SMILES string of the molecule is C=[N+]([O-])c1ccc2nc(-c3cccc(N)c3)n(O)c2c1. The Labute approximate surface area is 114 Å². The molecular weight excluding hydrogens is 256 g/mol. The number of nitrogens with zero attached hydrogens (tertiary/aromatic N) is 3. The van der Waals surface area contributed by atoms with E-state index in [0.29, 0.717) is 38.5 Å². The normalized spacial score (nSPS) is 10.8. The van der Waals surface area contributed by atoms with Gasteiger partial charge in [-0.3, -0.25) is 0 Å². The second-order valence-corrected chi connectivity index (χ2v) is 4.42. The van der Waals surface area contributed by atoms with Crippen LogP contribution in [0.25, 0.3) is 22.4 Å². The minimum atomic E-state index is 0.340. The molecule has 3 N–H and O–H groups in total. The van der Waals surface area contributed by atoms with Crippen molar-refractivity contribution >= 4 is 29.1 Å². The van der Waals surface area contributed by atoms with Gasteiger partial charge in [-0.2, -0.15) is 9.47 Å². The highest BCUT2D eigenvalue weighted by Gasteiger charge is 2.14. The average molecular weight is 268 g/mol. The molecule has 0 spiro atoms. The van der Waals surface area contributed by atoms with E-state index >= 15 is 0 Å². The highest BCUT2D eigenvalue weighted by Crippen LogP contribution is 2.27. The predicted molar refractivity (Wildman–Crippen MR) is 77.2 cm³/mol. The lowest BCUT2D eigenvalue weighted by Gasteiger charge is -2.02. The van der Waals surface area contributed by atoms with Gasteiger partial charge >= 0.3 is 0 Å². The molecule has 0 atom stereocenters. The Hall–Kier alpha value is -3.02. The molecular formula is C14H12N4O2. The van der Waals surface area contributed by atoms with Crippen molar-refractivity contribution in [2.45, 2.75) is 0 Å². The lowest BCUT2D eigenvalue weighted by molar-refractivity contribution is -0.349. The Morgan fingerprint density at radius 2 is 2.05 bits per heavy atom. The summed E-state index contributed by atoms with van der Waals surface area (Å²) in [6.45, 7) is 3.27. The summed E-state index contributed by atoms with van der Waals surface area (Å²) >= 11 is 0. The van der Waals surface area contributed by atoms with Crippen molar-refractivity contribution in [2.75, 3.05) is 5.73 Å². The fourth-order valence-electron chi connectivity index (χ4n) is 2.07. The molecule has 20 heavy (non-hydrogen) atoms. The van der Waals surface area contributed by atoms with E-state index in [-0.39, 0.29) is 0 Å². The number of hydrogen-bond donors (Lipinski definition) is 2. The number of benzene rings is 2. The van der Waals surface area contributed by atoms with E-state index in [2.05, 4.69) is 11.7 Å². The molecule has 6 heteroatoms. The van der Waals surface area contributed by atoms with Crippen molar-refractivity contribution in [1.82, 2.24) is 9.71 Å². The number of nitrogen functional groups attached to an aromatic ring is 1. The minimum Gasteiger partial charge on any atom is -0.619 e. The third-order valence-corrected chi connectivity index (χ3v) is 3.05. The van der Waals surface area contributed by atoms with Crippen LogP contribution < -0.4 is 5.73 Å². The van der Waals surface area contributed by atoms with Gasteiger partial charge in [0.2, 0.25) is 5.69 Å². The molecule has 2 aromatic carbocycles. The van der Waals surface area contributed by atoms with Gasteiger partial charge in [-0.05, 0) is 18.2 Å². The second kappa shape index (κ2) is 4.27. The monoisotopic (exact) mass is 268 g/mol. The first-order valence-electron chi connectivity index (χ1n) is 5.91. The van der Waals surface area contributed by atoms with E-state index in [1.807, 2.05) is 0 Å². The van der Waals surface area contributed by atoms with Gasteiger partial charge in [-0.1, -0.05) is 12.1 Å². The molecule has 0 radical (unpaired) electrons. The summed E-state index contributed by atoms with van der Waals surface area (Å²) in [4.78, 5) is 4.34. The van der Waals surface area contributed by atoms with E-state index in [1.165, 1.54) is 6.07 Å². The molecule has 0 aliphatic heterocycles. The van der Waals surface area contributed by atoms with Crippen molar-refractivity contribution in [3.8, 4) is 11.4 Å². The van der Waals surface area contributed by atoms with E-state index in [1.54, 1.807) is 36.4 Å². The summed E-state index contributed by atoms with van der Waals surface area (Å²) in [6.07, 6.45) is 0. The van der Waals surface area contributed by atoms with Crippen LogP contribution in [-0.2, 0) is 0 Å². The van der Waals surface area contributed by atoms with Crippen LogP contribution in [0.15, 0.2) is 42.5 Å². The number of anilines is 1. The van der Waals surface area contributed by atoms with Gasteiger partial charge in [-0.25, -0.2) is 4.98 Å². The van der Waals surface area contributed by atoms with E-state index in [4.69, 9.17) is 5.73 Å². The van der Waals surface area contributed by atoms with Crippen molar-refractivity contribution < 1.29 is 9.95 Å². The van der Waals surface area contributed by atoms with Gasteiger partial charge in [0.1, 0.15) is 12.2 Å². The van der Waals surface area contributed by atoms with Crippen molar-refractivity contribution in [1.29, 1.82) is 0 Å². The molecule has 0 aliphatic rings. The molecule has 1 aromatic heterocycles. The molecule has 100 valence electrons. The number of aromatic nitrogens is 2. The van der Waals surface area contributed by atoms with Gasteiger partial charge < -0.3 is 16.1 Å². The number of nitrogens with two attached hydrogens (primary N) is 1. The summed E-state index contributed by atoms with van der Waals surface area (Å²) in [5.41, 5.74) is 8.36. The minimum absolute atomic E-state index is 0.340. The molecule has 3 aromatic rings. The maximum atomic E-state index is 11.2. The number of fused-ring (bicyclic) bond motifs is 1. The van der Waals surface area contributed by atoms with Crippen LogP contribution in [0.4, 0.5) is 11.4 Å². The molecule has 0 unspecified atom stereocenters. The first kappa shape index (κ1) is 12.0. The van der Waals surface area contributed by atoms with Crippen LogP contribution in [0, 0.1) is 5.21 Å². The average Bonchev–Trinajstić information content (AvgIpc) is 2.76. The summed E-state index contributed by atoms with van der Waals surface area (Å²) in [5, 5.41) is 21.4. The standard InChI is InChI=1S/C14H12N4O2/c1-17(19)11-5-6-12-13(8-11)18(20)14(16-12)9-3-2-4-10(15)7-9/h2-8,20H,1,15H2. The Bertz CT molecular complexity index is 823. The van der Waals surface area contributed by atoms with Crippen molar-refractivity contribution in [3.05, 3.63) is 47.7 Å². The maximum Gasteiger partial charge on any atom is 0.218 e. The highest BCUT2D eigenvalue weighted by atomic mass is 16.5. The smallest absolute Gasteiger partial charge is 0.218 e.